The molecule has 0 spiro atoms. The molecule has 0 fully saturated rings. The maximum atomic E-state index is 12.9. The number of nitrogens with zero attached hydrogens (tertiary/aromatic N) is 3. The van der Waals surface area contributed by atoms with Crippen LogP contribution in [0, 0.1) is 0 Å². The Morgan fingerprint density at radius 1 is 0.516 bits per heavy atom. The monoisotopic (exact) mass is 1040 g/mol. The van der Waals surface area contributed by atoms with E-state index in [0.29, 0.717) is 35.9 Å². The van der Waals surface area contributed by atoms with Gasteiger partial charge in [0.15, 0.2) is 0 Å². The van der Waals surface area contributed by atoms with Gasteiger partial charge in [-0.1, -0.05) is 153 Å². The minimum Gasteiger partial charge on any atom is -1.00 e. The van der Waals surface area contributed by atoms with Crippen LogP contribution in [0.5, 0.6) is 0 Å². The van der Waals surface area contributed by atoms with E-state index < -0.39 is 29.1 Å². The predicted octanol–water partition coefficient (Wildman–Crippen LogP) is 8.27. The van der Waals surface area contributed by atoms with E-state index in [1.165, 1.54) is 0 Å². The van der Waals surface area contributed by atoms with E-state index in [-0.39, 0.29) is 36.7 Å². The van der Waals surface area contributed by atoms with Crippen LogP contribution in [0.1, 0.15) is 1.43 Å². The molecule has 8 rings (SSSR count). The average molecular weight is 1050 g/mol. The molecule has 17 heteroatoms. The van der Waals surface area contributed by atoms with Crippen molar-refractivity contribution in [1.82, 2.24) is 9.97 Å². The SMILES string of the molecule is CS(=O)(=O)Cl.CS(=O)(=O)N(c1c(-c2ccccc2)c(-c2ccccc2)nc2ccc(Br)cc12)S(C)(=O)=O.Nc1c(-c2ccccc2)c(-c2ccccc2)nc2ccc(Br)cc12.[H-].[Na+]. The Morgan fingerprint density at radius 3 is 1.23 bits per heavy atom. The fourth-order valence-electron chi connectivity index (χ4n) is 6.63. The van der Waals surface area contributed by atoms with Crippen LogP contribution in [0.3, 0.4) is 0 Å². The van der Waals surface area contributed by atoms with Gasteiger partial charge < -0.3 is 7.16 Å². The first-order valence-corrected chi connectivity index (χ1v) is 26.1. The molecule has 0 saturated heterocycles. The number of hydrogen-bond acceptors (Lipinski definition) is 9. The van der Waals surface area contributed by atoms with Crippen LogP contribution in [-0.2, 0) is 29.1 Å². The van der Waals surface area contributed by atoms with Gasteiger partial charge in [0, 0.05) is 52.7 Å². The summed E-state index contributed by atoms with van der Waals surface area (Å²) in [6.45, 7) is 0. The molecule has 62 heavy (non-hydrogen) atoms. The van der Waals surface area contributed by atoms with Crippen LogP contribution < -0.4 is 39.0 Å². The molecule has 2 aromatic heterocycles. The van der Waals surface area contributed by atoms with Gasteiger partial charge in [-0.25, -0.2) is 35.2 Å². The van der Waals surface area contributed by atoms with Crippen molar-refractivity contribution in [3.05, 3.63) is 167 Å². The molecule has 0 aliphatic rings. The smallest absolute Gasteiger partial charge is 1.00 e. The number of fused-ring (bicyclic) bond motifs is 2. The number of aromatic nitrogens is 2. The molecule has 0 amide bonds. The Morgan fingerprint density at radius 2 is 0.839 bits per heavy atom. The number of anilines is 2. The normalized spacial score (nSPS) is 11.4. The molecule has 10 nitrogen and oxygen atoms in total. The van der Waals surface area contributed by atoms with Gasteiger partial charge in [0.05, 0.1) is 52.6 Å². The molecule has 0 aliphatic carbocycles. The van der Waals surface area contributed by atoms with E-state index in [4.69, 9.17) is 15.7 Å². The number of nitrogen functional groups attached to an aromatic ring is 1. The third-order valence-electron chi connectivity index (χ3n) is 8.91. The molecule has 6 aromatic carbocycles. The third-order valence-corrected chi connectivity index (χ3v) is 13.1. The molecule has 2 N–H and O–H groups in total. The van der Waals surface area contributed by atoms with Crippen molar-refractivity contribution in [3.63, 3.8) is 0 Å². The van der Waals surface area contributed by atoms with Crippen LogP contribution in [0.25, 0.3) is 66.6 Å². The van der Waals surface area contributed by atoms with E-state index >= 15 is 0 Å². The zero-order valence-electron chi connectivity index (χ0n) is 34.7. The fourth-order valence-corrected chi connectivity index (χ4v) is 10.4. The van der Waals surface area contributed by atoms with Gasteiger partial charge in [-0.15, -0.1) is 0 Å². The molecule has 0 saturated carbocycles. The third kappa shape index (κ3) is 12.1. The Labute approximate surface area is 406 Å². The van der Waals surface area contributed by atoms with Gasteiger partial charge in [-0.2, -0.15) is 3.71 Å². The quantitative estimate of drug-likeness (QED) is 0.123. The zero-order chi connectivity index (χ0) is 44.1. The first-order valence-electron chi connectivity index (χ1n) is 18.1. The molecule has 0 unspecified atom stereocenters. The second kappa shape index (κ2) is 20.6. The number of hydrogen-bond donors (Lipinski definition) is 1. The Bertz CT molecular complexity index is 3180. The number of nitrogens with two attached hydrogens (primary N) is 1. The summed E-state index contributed by atoms with van der Waals surface area (Å²) in [6, 6.07) is 49.9. The van der Waals surface area contributed by atoms with Crippen molar-refractivity contribution in [2.24, 2.45) is 0 Å². The van der Waals surface area contributed by atoms with E-state index in [9.17, 15) is 25.3 Å². The van der Waals surface area contributed by atoms with E-state index in [0.717, 1.165) is 67.8 Å². The second-order valence-corrected chi connectivity index (χ2v) is 22.4. The Hall–Kier alpha value is -4.16. The summed E-state index contributed by atoms with van der Waals surface area (Å²) in [5.41, 5.74) is 15.1. The number of pyridine rings is 2. The number of halogens is 3. The molecule has 8 aromatic rings. The van der Waals surface area contributed by atoms with E-state index in [1.54, 1.807) is 30.3 Å². The van der Waals surface area contributed by atoms with Gasteiger partial charge in [-0.3, -0.25) is 0 Å². The first-order chi connectivity index (χ1) is 28.8. The topological polar surface area (TPSA) is 157 Å². The van der Waals surface area contributed by atoms with Crippen LogP contribution in [0.15, 0.2) is 167 Å². The molecule has 0 atom stereocenters. The number of benzene rings is 6. The van der Waals surface area contributed by atoms with Crippen molar-refractivity contribution in [3.8, 4) is 44.8 Å². The van der Waals surface area contributed by atoms with Gasteiger partial charge in [0.25, 0.3) is 0 Å². The van der Waals surface area contributed by atoms with Crippen LogP contribution in [-0.4, -0.2) is 54.0 Å². The molecule has 2 heterocycles. The number of rotatable bonds is 7. The summed E-state index contributed by atoms with van der Waals surface area (Å²) in [6.07, 6.45) is 2.69. The summed E-state index contributed by atoms with van der Waals surface area (Å²) in [5, 5.41) is 1.36. The van der Waals surface area contributed by atoms with Crippen molar-refractivity contribution in [2.45, 2.75) is 0 Å². The van der Waals surface area contributed by atoms with Crippen molar-refractivity contribution in [2.75, 3.05) is 28.2 Å². The molecular formula is C45H38Br2ClN4NaO6S3. The van der Waals surface area contributed by atoms with Crippen LogP contribution in [0.4, 0.5) is 11.4 Å². The van der Waals surface area contributed by atoms with E-state index in [2.05, 4.69) is 66.8 Å². The van der Waals surface area contributed by atoms with Crippen molar-refractivity contribution in [1.29, 1.82) is 0 Å². The molecular weight excluding hydrogens is 1010 g/mol. The van der Waals surface area contributed by atoms with Gasteiger partial charge in [0.2, 0.25) is 29.1 Å². The Balaban J connectivity index is 0.000000250. The van der Waals surface area contributed by atoms with Crippen molar-refractivity contribution >= 4 is 105 Å². The average Bonchev–Trinajstić information content (AvgIpc) is 3.21. The fraction of sp³-hybridized carbons (Fsp3) is 0.0667. The largest absolute Gasteiger partial charge is 1.00 e. The van der Waals surface area contributed by atoms with Crippen LogP contribution >= 0.6 is 42.5 Å². The maximum Gasteiger partial charge on any atom is 1.00 e. The van der Waals surface area contributed by atoms with Gasteiger partial charge in [-0.05, 0) is 47.5 Å². The Kier molecular flexibility index (Phi) is 16.2. The molecule has 0 bridgehead atoms. The van der Waals surface area contributed by atoms with Gasteiger partial charge in [0.1, 0.15) is 0 Å². The van der Waals surface area contributed by atoms with E-state index in [1.807, 2.05) is 103 Å². The zero-order valence-corrected chi connectivity index (χ0v) is 42.1. The standard InChI is InChI=1S/C23H19BrN2O4S2.C21H15BrN2.CH3ClO2S.Na.H/c1-31(27,28)26(32(2,29)30)23-19-15-18(24)13-14-20(19)25-22(17-11-7-4-8-12-17)21(23)16-9-5-3-6-10-16;22-16-11-12-18-17(13-16)20(23)19(14-7-3-1-4-8-14)21(24-18)15-9-5-2-6-10-15;1-5(2,3)4;;/h3-15H,1-2H3;1-13H,(H2,23,24);1H3;;/q;;;+1;-1. The maximum absolute atomic E-state index is 12.9. The summed E-state index contributed by atoms with van der Waals surface area (Å²) < 4.78 is 72.4. The molecule has 0 aliphatic heterocycles. The van der Waals surface area contributed by atoms with Gasteiger partial charge >= 0.3 is 29.6 Å². The predicted molar refractivity (Wildman–Crippen MR) is 259 cm³/mol. The van der Waals surface area contributed by atoms with Crippen LogP contribution in [0.2, 0.25) is 0 Å². The summed E-state index contributed by atoms with van der Waals surface area (Å²) in [7, 11) is -7.11. The first kappa shape index (κ1) is 48.9. The molecule has 0 radical (unpaired) electrons. The van der Waals surface area contributed by atoms with Crippen molar-refractivity contribution < 1.29 is 56.2 Å². The number of sulfonamides is 2. The summed E-state index contributed by atoms with van der Waals surface area (Å²) in [5.74, 6) is 0. The second-order valence-electron chi connectivity index (χ2n) is 13.6. The minimum atomic E-state index is -4.21. The molecule has 314 valence electrons. The summed E-state index contributed by atoms with van der Waals surface area (Å²) in [4.78, 5) is 9.76. The summed E-state index contributed by atoms with van der Waals surface area (Å²) >= 11 is 6.94. The minimum absolute atomic E-state index is 0.